The van der Waals surface area contributed by atoms with Crippen LogP contribution in [0, 0.1) is 10.1 Å². The summed E-state index contributed by atoms with van der Waals surface area (Å²) in [6.07, 6.45) is 3.66. The van der Waals surface area contributed by atoms with E-state index in [1.165, 1.54) is 26.4 Å². The van der Waals surface area contributed by atoms with Crippen molar-refractivity contribution in [2.24, 2.45) is 0 Å². The minimum atomic E-state index is -0.532. The highest BCUT2D eigenvalue weighted by Gasteiger charge is 2.28. The van der Waals surface area contributed by atoms with Crippen LogP contribution in [0.4, 0.5) is 5.69 Å². The zero-order chi connectivity index (χ0) is 15.1. The van der Waals surface area contributed by atoms with Crippen LogP contribution in [-0.4, -0.2) is 25.7 Å². The fourth-order valence-corrected chi connectivity index (χ4v) is 1.69. The quantitative estimate of drug-likeness (QED) is 0.316. The summed E-state index contributed by atoms with van der Waals surface area (Å²) in [5, 5.41) is 11.2. The van der Waals surface area contributed by atoms with E-state index in [-0.39, 0.29) is 17.2 Å². The highest BCUT2D eigenvalue weighted by molar-refractivity contribution is 5.73. The number of ether oxygens (including phenoxy) is 3. The third-order valence-corrected chi connectivity index (χ3v) is 2.60. The molecule has 0 aliphatic carbocycles. The van der Waals surface area contributed by atoms with Crippen LogP contribution < -0.4 is 14.2 Å². The maximum atomic E-state index is 11.2. The maximum absolute atomic E-state index is 11.2. The van der Waals surface area contributed by atoms with Crippen molar-refractivity contribution in [3.05, 3.63) is 41.0 Å². The largest absolute Gasteiger partial charge is 0.493 e. The number of hydrogen-bond donors (Lipinski definition) is 0. The molecule has 20 heavy (non-hydrogen) atoms. The maximum Gasteiger partial charge on any atom is 0.322 e. The molecule has 0 atom stereocenters. The number of nitro groups is 1. The van der Waals surface area contributed by atoms with E-state index < -0.39 is 4.92 Å². The van der Waals surface area contributed by atoms with Crippen LogP contribution in [-0.2, 0) is 0 Å². The molecule has 0 aliphatic rings. The van der Waals surface area contributed by atoms with E-state index in [4.69, 9.17) is 14.2 Å². The van der Waals surface area contributed by atoms with Crippen LogP contribution in [0.25, 0.3) is 6.08 Å². The molecule has 0 saturated carbocycles. The lowest BCUT2D eigenvalue weighted by atomic mass is 10.1. The van der Waals surface area contributed by atoms with Crippen molar-refractivity contribution in [1.29, 1.82) is 0 Å². The third kappa shape index (κ3) is 3.09. The van der Waals surface area contributed by atoms with Crippen LogP contribution >= 0.6 is 0 Å². The summed E-state index contributed by atoms with van der Waals surface area (Å²) in [5.74, 6) is 0.578. The fraction of sp³-hybridized carbons (Fsp3) is 0.286. The fourth-order valence-electron chi connectivity index (χ4n) is 1.69. The van der Waals surface area contributed by atoms with Crippen molar-refractivity contribution in [2.75, 3.05) is 20.8 Å². The van der Waals surface area contributed by atoms with E-state index in [1.54, 1.807) is 6.08 Å². The molecule has 0 unspecified atom stereocenters. The number of methoxy groups -OCH3 is 2. The number of rotatable bonds is 8. The van der Waals surface area contributed by atoms with Crippen molar-refractivity contribution in [3.63, 3.8) is 0 Å². The Labute approximate surface area is 117 Å². The molecular formula is C14H17NO5. The predicted molar refractivity (Wildman–Crippen MR) is 76.6 cm³/mol. The van der Waals surface area contributed by atoms with Crippen molar-refractivity contribution >= 4 is 11.8 Å². The van der Waals surface area contributed by atoms with Crippen LogP contribution in [0.3, 0.4) is 0 Å². The minimum absolute atomic E-state index is 0.0216. The molecule has 0 aliphatic heterocycles. The average molecular weight is 279 g/mol. The Morgan fingerprint density at radius 3 is 2.45 bits per heavy atom. The molecule has 0 aromatic heterocycles. The Kier molecular flexibility index (Phi) is 5.58. The van der Waals surface area contributed by atoms with Gasteiger partial charge in [-0.25, -0.2) is 0 Å². The van der Waals surface area contributed by atoms with Crippen molar-refractivity contribution in [3.8, 4) is 17.2 Å². The van der Waals surface area contributed by atoms with Crippen LogP contribution in [0.2, 0.25) is 0 Å². The molecule has 0 spiro atoms. The van der Waals surface area contributed by atoms with Gasteiger partial charge in [0, 0.05) is 0 Å². The second-order valence-corrected chi connectivity index (χ2v) is 3.77. The highest BCUT2D eigenvalue weighted by atomic mass is 16.6. The Bertz CT molecular complexity index is 525. The summed E-state index contributed by atoms with van der Waals surface area (Å²) in [4.78, 5) is 10.7. The summed E-state index contributed by atoms with van der Waals surface area (Å²) in [7, 11) is 2.79. The van der Waals surface area contributed by atoms with Gasteiger partial charge < -0.3 is 14.2 Å². The van der Waals surface area contributed by atoms with Crippen LogP contribution in [0.5, 0.6) is 17.2 Å². The van der Waals surface area contributed by atoms with Gasteiger partial charge in [-0.1, -0.05) is 18.7 Å². The Hall–Kier alpha value is -2.50. The number of nitro benzene ring substituents is 1. The van der Waals surface area contributed by atoms with Gasteiger partial charge in [-0.15, -0.1) is 6.58 Å². The summed E-state index contributed by atoms with van der Waals surface area (Å²) < 4.78 is 15.8. The number of hydrogen-bond acceptors (Lipinski definition) is 5. The van der Waals surface area contributed by atoms with Gasteiger partial charge in [-0.3, -0.25) is 10.1 Å². The number of benzene rings is 1. The highest BCUT2D eigenvalue weighted by Crippen LogP contribution is 2.46. The first-order chi connectivity index (χ1) is 9.60. The van der Waals surface area contributed by atoms with E-state index >= 15 is 0 Å². The summed E-state index contributed by atoms with van der Waals surface area (Å²) in [6.45, 7) is 7.47. The molecule has 6 heteroatoms. The number of nitrogens with zero attached hydrogens (tertiary/aromatic N) is 1. The molecule has 1 rings (SSSR count). The topological polar surface area (TPSA) is 70.8 Å². The zero-order valence-electron chi connectivity index (χ0n) is 11.5. The second-order valence-electron chi connectivity index (χ2n) is 3.77. The molecule has 0 amide bonds. The summed E-state index contributed by atoms with van der Waals surface area (Å²) in [6, 6.07) is 1.50. The van der Waals surface area contributed by atoms with Gasteiger partial charge in [0.15, 0.2) is 5.75 Å². The lowest BCUT2D eigenvalue weighted by Crippen LogP contribution is -2.04. The lowest BCUT2D eigenvalue weighted by Gasteiger charge is -2.15. The van der Waals surface area contributed by atoms with Gasteiger partial charge in [-0.05, 0) is 12.5 Å². The molecule has 108 valence electrons. The second kappa shape index (κ2) is 7.18. The molecule has 1 aromatic carbocycles. The Balaban J connectivity index is 3.44. The SMILES string of the molecule is C=CCCOc1c(OC)cc(C=C)c([N+](=O)[O-])c1OC. The smallest absolute Gasteiger partial charge is 0.322 e. The van der Waals surface area contributed by atoms with Gasteiger partial charge in [0.2, 0.25) is 11.5 Å². The summed E-state index contributed by atoms with van der Waals surface area (Å²) in [5.41, 5.74) is 0.108. The summed E-state index contributed by atoms with van der Waals surface area (Å²) >= 11 is 0. The molecule has 0 radical (unpaired) electrons. The normalized spacial score (nSPS) is 9.70. The zero-order valence-corrected chi connectivity index (χ0v) is 11.5. The third-order valence-electron chi connectivity index (χ3n) is 2.60. The first-order valence-corrected chi connectivity index (χ1v) is 5.90. The van der Waals surface area contributed by atoms with Crippen molar-refractivity contribution < 1.29 is 19.1 Å². The van der Waals surface area contributed by atoms with Gasteiger partial charge >= 0.3 is 5.69 Å². The van der Waals surface area contributed by atoms with Crippen molar-refractivity contribution in [1.82, 2.24) is 0 Å². The standard InChI is InChI=1S/C14H17NO5/c1-5-7-8-20-13-11(18-3)9-10(6-2)12(15(16)17)14(13)19-4/h5-6,9H,1-2,7-8H2,3-4H3. The molecule has 6 nitrogen and oxygen atoms in total. The van der Waals surface area contributed by atoms with E-state index in [0.29, 0.717) is 24.3 Å². The van der Waals surface area contributed by atoms with Crippen molar-refractivity contribution in [2.45, 2.75) is 6.42 Å². The minimum Gasteiger partial charge on any atom is -0.493 e. The van der Waals surface area contributed by atoms with Gasteiger partial charge in [0.05, 0.1) is 31.3 Å². The molecule has 1 aromatic rings. The van der Waals surface area contributed by atoms with E-state index in [0.717, 1.165) is 0 Å². The molecule has 0 heterocycles. The van der Waals surface area contributed by atoms with Crippen LogP contribution in [0.1, 0.15) is 12.0 Å². The lowest BCUT2D eigenvalue weighted by molar-refractivity contribution is -0.386. The van der Waals surface area contributed by atoms with E-state index in [9.17, 15) is 10.1 Å². The Morgan fingerprint density at radius 1 is 1.30 bits per heavy atom. The van der Waals surface area contributed by atoms with E-state index in [1.807, 2.05) is 0 Å². The first kappa shape index (κ1) is 15.6. The monoisotopic (exact) mass is 279 g/mol. The van der Waals surface area contributed by atoms with Gasteiger partial charge in [0.1, 0.15) is 0 Å². The molecule has 0 saturated heterocycles. The first-order valence-electron chi connectivity index (χ1n) is 5.90. The van der Waals surface area contributed by atoms with Gasteiger partial charge in [-0.2, -0.15) is 0 Å². The predicted octanol–water partition coefficient (Wildman–Crippen LogP) is 3.21. The van der Waals surface area contributed by atoms with Gasteiger partial charge in [0.25, 0.3) is 0 Å². The molecule has 0 bridgehead atoms. The molecule has 0 fully saturated rings. The van der Waals surface area contributed by atoms with Crippen LogP contribution in [0.15, 0.2) is 25.3 Å². The molecule has 0 N–H and O–H groups in total. The average Bonchev–Trinajstić information content (AvgIpc) is 2.45. The Morgan fingerprint density at radius 2 is 2.00 bits per heavy atom. The molecular weight excluding hydrogens is 262 g/mol. The van der Waals surface area contributed by atoms with E-state index in [2.05, 4.69) is 13.2 Å².